The maximum Gasteiger partial charge on any atom is 0.146 e. The molecular weight excluding hydrogens is 190 g/mol. The van der Waals surface area contributed by atoms with Gasteiger partial charge in [0.2, 0.25) is 0 Å². The number of nitrogens with one attached hydrogen (secondary N) is 1. The topological polar surface area (TPSA) is 49.3 Å². The van der Waals surface area contributed by atoms with E-state index in [1.54, 1.807) is 26.1 Å². The molecule has 0 aromatic heterocycles. The van der Waals surface area contributed by atoms with Crippen LogP contribution >= 0.6 is 0 Å². The maximum absolute atomic E-state index is 11.1. The smallest absolute Gasteiger partial charge is 0.146 e. The van der Waals surface area contributed by atoms with Crippen molar-refractivity contribution in [2.75, 3.05) is 7.05 Å². The fourth-order valence-electron chi connectivity index (χ4n) is 1.52. The first kappa shape index (κ1) is 11.7. The zero-order chi connectivity index (χ0) is 11.3. The molecule has 3 heteroatoms. The molecule has 0 saturated heterocycles. The number of benzene rings is 1. The third kappa shape index (κ3) is 3.72. The number of hydrogen-bond acceptors (Lipinski definition) is 3. The Morgan fingerprint density at radius 3 is 2.47 bits per heavy atom. The standard InChI is InChI=1S/C12H17NO2/c1-9(14)12(13-2)8-5-10-3-6-11(15)7-4-10/h3-4,6-7,12-13,15H,5,8H2,1-2H3/t12-/m0/s1. The van der Waals surface area contributed by atoms with Gasteiger partial charge in [0.25, 0.3) is 0 Å². The molecule has 0 aliphatic carbocycles. The monoisotopic (exact) mass is 207 g/mol. The Morgan fingerprint density at radius 2 is 2.00 bits per heavy atom. The van der Waals surface area contributed by atoms with Gasteiger partial charge in [-0.2, -0.15) is 0 Å². The van der Waals surface area contributed by atoms with Crippen molar-refractivity contribution in [3.8, 4) is 5.75 Å². The summed E-state index contributed by atoms with van der Waals surface area (Å²) >= 11 is 0. The van der Waals surface area contributed by atoms with Crippen molar-refractivity contribution < 1.29 is 9.90 Å². The fourth-order valence-corrected chi connectivity index (χ4v) is 1.52. The molecule has 15 heavy (non-hydrogen) atoms. The van der Waals surface area contributed by atoms with Gasteiger partial charge in [-0.05, 0) is 44.5 Å². The lowest BCUT2D eigenvalue weighted by atomic mass is 10.0. The molecule has 1 rings (SSSR count). The number of carbonyl (C=O) groups is 1. The van der Waals surface area contributed by atoms with E-state index in [9.17, 15) is 4.79 Å². The van der Waals surface area contributed by atoms with Crippen molar-refractivity contribution in [3.63, 3.8) is 0 Å². The van der Waals surface area contributed by atoms with Crippen molar-refractivity contribution in [2.45, 2.75) is 25.8 Å². The van der Waals surface area contributed by atoms with E-state index in [1.807, 2.05) is 12.1 Å². The molecule has 82 valence electrons. The first-order chi connectivity index (χ1) is 7.13. The second-order valence-electron chi connectivity index (χ2n) is 3.66. The van der Waals surface area contributed by atoms with Crippen molar-refractivity contribution in [2.24, 2.45) is 0 Å². The van der Waals surface area contributed by atoms with E-state index in [-0.39, 0.29) is 17.6 Å². The Hall–Kier alpha value is -1.35. The summed E-state index contributed by atoms with van der Waals surface area (Å²) in [6.45, 7) is 1.60. The highest BCUT2D eigenvalue weighted by Gasteiger charge is 2.10. The fraction of sp³-hybridized carbons (Fsp3) is 0.417. The molecule has 0 radical (unpaired) electrons. The molecule has 0 unspecified atom stereocenters. The van der Waals surface area contributed by atoms with Crippen LogP contribution in [0.5, 0.6) is 5.75 Å². The predicted octanol–water partition coefficient (Wildman–Crippen LogP) is 1.50. The molecule has 0 spiro atoms. The van der Waals surface area contributed by atoms with Crippen LogP contribution in [0, 0.1) is 0 Å². The average Bonchev–Trinajstić information content (AvgIpc) is 2.21. The van der Waals surface area contributed by atoms with Gasteiger partial charge in [-0.3, -0.25) is 4.79 Å². The number of aromatic hydroxyl groups is 1. The minimum Gasteiger partial charge on any atom is -0.508 e. The predicted molar refractivity (Wildman–Crippen MR) is 60.0 cm³/mol. The second-order valence-corrected chi connectivity index (χ2v) is 3.66. The van der Waals surface area contributed by atoms with Crippen molar-refractivity contribution in [3.05, 3.63) is 29.8 Å². The van der Waals surface area contributed by atoms with E-state index in [4.69, 9.17) is 5.11 Å². The third-order valence-electron chi connectivity index (χ3n) is 2.50. The molecule has 0 heterocycles. The van der Waals surface area contributed by atoms with Crippen LogP contribution in [0.25, 0.3) is 0 Å². The van der Waals surface area contributed by atoms with Gasteiger partial charge in [0.15, 0.2) is 0 Å². The van der Waals surface area contributed by atoms with Gasteiger partial charge in [-0.1, -0.05) is 12.1 Å². The summed E-state index contributed by atoms with van der Waals surface area (Å²) in [5.41, 5.74) is 1.13. The van der Waals surface area contributed by atoms with E-state index in [0.717, 1.165) is 18.4 Å². The number of phenolic OH excluding ortho intramolecular Hbond substituents is 1. The molecule has 0 bridgehead atoms. The molecule has 1 aromatic carbocycles. The minimum absolute atomic E-state index is 0.0706. The highest BCUT2D eigenvalue weighted by Crippen LogP contribution is 2.12. The first-order valence-corrected chi connectivity index (χ1v) is 5.09. The van der Waals surface area contributed by atoms with Gasteiger partial charge < -0.3 is 10.4 Å². The van der Waals surface area contributed by atoms with Crippen LogP contribution in [0.2, 0.25) is 0 Å². The molecule has 0 fully saturated rings. The summed E-state index contributed by atoms with van der Waals surface area (Å²) in [4.78, 5) is 11.1. The van der Waals surface area contributed by atoms with Crippen molar-refractivity contribution in [1.29, 1.82) is 0 Å². The minimum atomic E-state index is -0.0706. The number of rotatable bonds is 5. The van der Waals surface area contributed by atoms with Crippen LogP contribution in [0.3, 0.4) is 0 Å². The molecule has 0 amide bonds. The first-order valence-electron chi connectivity index (χ1n) is 5.09. The average molecular weight is 207 g/mol. The number of phenols is 1. The number of aryl methyl sites for hydroxylation is 1. The molecule has 0 aliphatic rings. The summed E-state index contributed by atoms with van der Waals surface area (Å²) < 4.78 is 0. The number of Topliss-reactive ketones (excluding diaryl/α,β-unsaturated/α-hetero) is 1. The third-order valence-corrected chi connectivity index (χ3v) is 2.50. The van der Waals surface area contributed by atoms with Crippen LogP contribution in [-0.4, -0.2) is 24.0 Å². The normalized spacial score (nSPS) is 12.4. The van der Waals surface area contributed by atoms with Gasteiger partial charge >= 0.3 is 0 Å². The zero-order valence-electron chi connectivity index (χ0n) is 9.16. The Bertz CT molecular complexity index is 319. The summed E-state index contributed by atoms with van der Waals surface area (Å²) in [7, 11) is 1.79. The maximum atomic E-state index is 11.1. The summed E-state index contributed by atoms with van der Waals surface area (Å²) in [6.07, 6.45) is 1.63. The highest BCUT2D eigenvalue weighted by atomic mass is 16.3. The van der Waals surface area contributed by atoms with Crippen LogP contribution in [0.1, 0.15) is 18.9 Å². The largest absolute Gasteiger partial charge is 0.508 e. The van der Waals surface area contributed by atoms with Gasteiger partial charge in [-0.25, -0.2) is 0 Å². The Kier molecular flexibility index (Phi) is 4.31. The van der Waals surface area contributed by atoms with Crippen LogP contribution in [0.4, 0.5) is 0 Å². The second kappa shape index (κ2) is 5.51. The molecule has 3 nitrogen and oxygen atoms in total. The molecular formula is C12H17NO2. The summed E-state index contributed by atoms with van der Waals surface area (Å²) in [6, 6.07) is 7.01. The van der Waals surface area contributed by atoms with E-state index in [2.05, 4.69) is 5.32 Å². The molecule has 0 aliphatic heterocycles. The van der Waals surface area contributed by atoms with Gasteiger partial charge in [0.1, 0.15) is 11.5 Å². The van der Waals surface area contributed by atoms with Crippen LogP contribution in [-0.2, 0) is 11.2 Å². The van der Waals surface area contributed by atoms with Gasteiger partial charge in [-0.15, -0.1) is 0 Å². The van der Waals surface area contributed by atoms with Gasteiger partial charge in [0, 0.05) is 0 Å². The Labute approximate surface area is 90.1 Å². The van der Waals surface area contributed by atoms with E-state index in [1.165, 1.54) is 0 Å². The van der Waals surface area contributed by atoms with E-state index in [0.29, 0.717) is 0 Å². The van der Waals surface area contributed by atoms with Crippen molar-refractivity contribution in [1.82, 2.24) is 5.32 Å². The Balaban J connectivity index is 2.49. The molecule has 1 aromatic rings. The summed E-state index contributed by atoms with van der Waals surface area (Å²) in [5, 5.41) is 12.1. The Morgan fingerprint density at radius 1 is 1.40 bits per heavy atom. The number of likely N-dealkylation sites (N-methyl/N-ethyl adjacent to an activating group) is 1. The lowest BCUT2D eigenvalue weighted by molar-refractivity contribution is -0.119. The van der Waals surface area contributed by atoms with Gasteiger partial charge in [0.05, 0.1) is 6.04 Å². The lowest BCUT2D eigenvalue weighted by Gasteiger charge is -2.12. The van der Waals surface area contributed by atoms with E-state index < -0.39 is 0 Å². The molecule has 0 saturated carbocycles. The van der Waals surface area contributed by atoms with E-state index >= 15 is 0 Å². The number of ketones is 1. The SMILES string of the molecule is CN[C@@H](CCc1ccc(O)cc1)C(C)=O. The molecule has 1 atom stereocenters. The number of hydrogen-bond donors (Lipinski definition) is 2. The summed E-state index contributed by atoms with van der Waals surface area (Å²) in [5.74, 6) is 0.437. The highest BCUT2D eigenvalue weighted by molar-refractivity contribution is 5.81. The molecule has 2 N–H and O–H groups in total. The van der Waals surface area contributed by atoms with Crippen LogP contribution in [0.15, 0.2) is 24.3 Å². The van der Waals surface area contributed by atoms with Crippen molar-refractivity contribution >= 4 is 5.78 Å². The lowest BCUT2D eigenvalue weighted by Crippen LogP contribution is -2.32. The quantitative estimate of drug-likeness (QED) is 0.769. The zero-order valence-corrected chi connectivity index (χ0v) is 9.16. The van der Waals surface area contributed by atoms with Crippen LogP contribution < -0.4 is 5.32 Å². The number of carbonyl (C=O) groups excluding carboxylic acids is 1.